The van der Waals surface area contributed by atoms with Gasteiger partial charge in [-0.3, -0.25) is 4.79 Å². The van der Waals surface area contributed by atoms with Crippen molar-refractivity contribution in [2.45, 2.75) is 13.3 Å². The highest BCUT2D eigenvalue weighted by molar-refractivity contribution is 5.79. The van der Waals surface area contributed by atoms with Gasteiger partial charge in [0.05, 0.1) is 5.92 Å². The molecule has 0 radical (unpaired) electrons. The number of amides is 1. The number of nitrogens with one attached hydrogen (secondary N) is 2. The molecular formula is C16H25N3O. The van der Waals surface area contributed by atoms with Crippen molar-refractivity contribution < 1.29 is 4.79 Å². The summed E-state index contributed by atoms with van der Waals surface area (Å²) in [5.74, 6) is 0.786. The SMILES string of the molecule is CC1CNCC1C(=O)NCCCN(C)c1ccccc1. The van der Waals surface area contributed by atoms with Gasteiger partial charge in [-0.15, -0.1) is 0 Å². The van der Waals surface area contributed by atoms with Gasteiger partial charge in [0.2, 0.25) is 5.91 Å². The molecule has 0 spiro atoms. The molecule has 1 aliphatic rings. The summed E-state index contributed by atoms with van der Waals surface area (Å²) in [5.41, 5.74) is 1.22. The number of hydrogen-bond donors (Lipinski definition) is 2. The molecule has 0 saturated carbocycles. The molecule has 2 atom stereocenters. The standard InChI is InChI=1S/C16H25N3O/c1-13-11-17-12-15(13)16(20)18-9-6-10-19(2)14-7-4-3-5-8-14/h3-5,7-8,13,15,17H,6,9-12H2,1-2H3,(H,18,20). The Hall–Kier alpha value is -1.55. The van der Waals surface area contributed by atoms with Crippen LogP contribution < -0.4 is 15.5 Å². The van der Waals surface area contributed by atoms with E-state index in [2.05, 4.69) is 41.6 Å². The van der Waals surface area contributed by atoms with Crippen molar-refractivity contribution in [2.24, 2.45) is 11.8 Å². The summed E-state index contributed by atoms with van der Waals surface area (Å²) >= 11 is 0. The second kappa shape index (κ2) is 7.29. The van der Waals surface area contributed by atoms with Gasteiger partial charge in [0.25, 0.3) is 0 Å². The Morgan fingerprint density at radius 1 is 1.35 bits per heavy atom. The third-order valence-electron chi connectivity index (χ3n) is 4.02. The molecule has 1 saturated heterocycles. The quantitative estimate of drug-likeness (QED) is 0.773. The Bertz CT molecular complexity index is 421. The number of anilines is 1. The van der Waals surface area contributed by atoms with Crippen LogP contribution in [0.4, 0.5) is 5.69 Å². The molecule has 2 N–H and O–H groups in total. The van der Waals surface area contributed by atoms with Crippen LogP contribution in [0.15, 0.2) is 30.3 Å². The van der Waals surface area contributed by atoms with E-state index >= 15 is 0 Å². The molecule has 1 aliphatic heterocycles. The Morgan fingerprint density at radius 3 is 2.75 bits per heavy atom. The van der Waals surface area contributed by atoms with Gasteiger partial charge in [-0.25, -0.2) is 0 Å². The van der Waals surface area contributed by atoms with Gasteiger partial charge in [0.1, 0.15) is 0 Å². The summed E-state index contributed by atoms with van der Waals surface area (Å²) in [6, 6.07) is 10.3. The second-order valence-corrected chi connectivity index (χ2v) is 5.64. The molecule has 1 aromatic rings. The van der Waals surface area contributed by atoms with Crippen LogP contribution in [-0.4, -0.2) is 39.1 Å². The lowest BCUT2D eigenvalue weighted by Crippen LogP contribution is -2.36. The predicted molar refractivity (Wildman–Crippen MR) is 82.9 cm³/mol. The Balaban J connectivity index is 1.65. The summed E-state index contributed by atoms with van der Waals surface area (Å²) in [6.07, 6.45) is 0.964. The van der Waals surface area contributed by atoms with E-state index in [1.54, 1.807) is 0 Å². The van der Waals surface area contributed by atoms with E-state index in [0.717, 1.165) is 32.6 Å². The molecule has 0 aliphatic carbocycles. The van der Waals surface area contributed by atoms with Crippen LogP contribution in [0.2, 0.25) is 0 Å². The molecule has 4 heteroatoms. The molecule has 110 valence electrons. The molecule has 1 amide bonds. The van der Waals surface area contributed by atoms with E-state index in [-0.39, 0.29) is 11.8 Å². The first-order chi connectivity index (χ1) is 9.68. The molecule has 1 aromatic carbocycles. The van der Waals surface area contributed by atoms with Gasteiger partial charge in [0, 0.05) is 32.4 Å². The lowest BCUT2D eigenvalue weighted by Gasteiger charge is -2.20. The van der Waals surface area contributed by atoms with Crippen LogP contribution in [0.25, 0.3) is 0 Å². The first-order valence-electron chi connectivity index (χ1n) is 7.43. The number of para-hydroxylation sites is 1. The maximum Gasteiger partial charge on any atom is 0.224 e. The first kappa shape index (κ1) is 14.9. The van der Waals surface area contributed by atoms with Gasteiger partial charge >= 0.3 is 0 Å². The second-order valence-electron chi connectivity index (χ2n) is 5.64. The predicted octanol–water partition coefficient (Wildman–Crippen LogP) is 1.48. The van der Waals surface area contributed by atoms with Gasteiger partial charge in [-0.05, 0) is 31.0 Å². The zero-order chi connectivity index (χ0) is 14.4. The highest BCUT2D eigenvalue weighted by Gasteiger charge is 2.28. The lowest BCUT2D eigenvalue weighted by molar-refractivity contribution is -0.125. The Kier molecular flexibility index (Phi) is 5.41. The minimum Gasteiger partial charge on any atom is -0.375 e. The molecule has 0 aromatic heterocycles. The maximum atomic E-state index is 12.0. The van der Waals surface area contributed by atoms with Crippen molar-refractivity contribution in [1.82, 2.24) is 10.6 Å². The van der Waals surface area contributed by atoms with Crippen molar-refractivity contribution in [3.63, 3.8) is 0 Å². The van der Waals surface area contributed by atoms with E-state index in [9.17, 15) is 4.79 Å². The smallest absolute Gasteiger partial charge is 0.224 e. The lowest BCUT2D eigenvalue weighted by atomic mass is 9.97. The Labute approximate surface area is 121 Å². The first-order valence-corrected chi connectivity index (χ1v) is 7.43. The normalized spacial score (nSPS) is 21.7. The fourth-order valence-electron chi connectivity index (χ4n) is 2.63. The highest BCUT2D eigenvalue weighted by atomic mass is 16.1. The van der Waals surface area contributed by atoms with E-state index in [4.69, 9.17) is 0 Å². The Morgan fingerprint density at radius 2 is 2.10 bits per heavy atom. The molecule has 0 bridgehead atoms. The van der Waals surface area contributed by atoms with E-state index in [1.165, 1.54) is 5.69 Å². The van der Waals surface area contributed by atoms with E-state index < -0.39 is 0 Å². The summed E-state index contributed by atoms with van der Waals surface area (Å²) in [4.78, 5) is 14.2. The molecule has 20 heavy (non-hydrogen) atoms. The monoisotopic (exact) mass is 275 g/mol. The van der Waals surface area contributed by atoms with Crippen LogP contribution >= 0.6 is 0 Å². The average molecular weight is 275 g/mol. The van der Waals surface area contributed by atoms with Crippen LogP contribution in [0.5, 0.6) is 0 Å². The minimum absolute atomic E-state index is 0.141. The number of hydrogen-bond acceptors (Lipinski definition) is 3. The van der Waals surface area contributed by atoms with E-state index in [1.807, 2.05) is 18.2 Å². The van der Waals surface area contributed by atoms with Gasteiger partial charge < -0.3 is 15.5 Å². The molecule has 4 nitrogen and oxygen atoms in total. The third-order valence-corrected chi connectivity index (χ3v) is 4.02. The van der Waals surface area contributed by atoms with Crippen LogP contribution in [0.1, 0.15) is 13.3 Å². The third kappa shape index (κ3) is 3.97. The van der Waals surface area contributed by atoms with E-state index in [0.29, 0.717) is 5.92 Å². The summed E-state index contributed by atoms with van der Waals surface area (Å²) in [7, 11) is 2.08. The maximum absolute atomic E-state index is 12.0. The number of rotatable bonds is 6. The minimum atomic E-state index is 0.141. The number of carbonyl (C=O) groups excluding carboxylic acids is 1. The molecule has 2 rings (SSSR count). The van der Waals surface area contributed by atoms with Crippen molar-refractivity contribution in [3.05, 3.63) is 30.3 Å². The number of carbonyl (C=O) groups is 1. The van der Waals surface area contributed by atoms with Crippen molar-refractivity contribution in [1.29, 1.82) is 0 Å². The molecule has 1 fully saturated rings. The summed E-state index contributed by atoms with van der Waals surface area (Å²) in [5, 5.41) is 6.32. The van der Waals surface area contributed by atoms with Crippen molar-refractivity contribution in [2.75, 3.05) is 38.1 Å². The zero-order valence-electron chi connectivity index (χ0n) is 12.4. The van der Waals surface area contributed by atoms with Crippen LogP contribution in [-0.2, 0) is 4.79 Å². The van der Waals surface area contributed by atoms with Gasteiger partial charge in [-0.1, -0.05) is 25.1 Å². The average Bonchev–Trinajstić information content (AvgIpc) is 2.90. The molecule has 1 heterocycles. The highest BCUT2D eigenvalue weighted by Crippen LogP contribution is 2.15. The summed E-state index contributed by atoms with van der Waals surface area (Å²) < 4.78 is 0. The number of nitrogens with zero attached hydrogens (tertiary/aromatic N) is 1. The number of benzene rings is 1. The fraction of sp³-hybridized carbons (Fsp3) is 0.562. The van der Waals surface area contributed by atoms with Crippen molar-refractivity contribution >= 4 is 11.6 Å². The van der Waals surface area contributed by atoms with Crippen molar-refractivity contribution in [3.8, 4) is 0 Å². The fourth-order valence-corrected chi connectivity index (χ4v) is 2.63. The summed E-state index contributed by atoms with van der Waals surface area (Å²) in [6.45, 7) is 5.60. The van der Waals surface area contributed by atoms with Gasteiger partial charge in [-0.2, -0.15) is 0 Å². The topological polar surface area (TPSA) is 44.4 Å². The van der Waals surface area contributed by atoms with Crippen LogP contribution in [0, 0.1) is 11.8 Å². The van der Waals surface area contributed by atoms with Crippen LogP contribution in [0.3, 0.4) is 0 Å². The molecule has 2 unspecified atom stereocenters. The van der Waals surface area contributed by atoms with Gasteiger partial charge in [0.15, 0.2) is 0 Å². The zero-order valence-corrected chi connectivity index (χ0v) is 12.4. The largest absolute Gasteiger partial charge is 0.375 e. The molecular weight excluding hydrogens is 250 g/mol.